The summed E-state index contributed by atoms with van der Waals surface area (Å²) in [6.45, 7) is 2.59. The number of aliphatic carboxylic acids is 1. The first-order valence-electron chi connectivity index (χ1n) is 6.87. The third kappa shape index (κ3) is 4.12. The van der Waals surface area contributed by atoms with E-state index in [9.17, 15) is 4.79 Å². The number of carboxylic acids is 1. The number of carboxylic acid groups (broad SMARTS) is 1. The molecule has 5 heteroatoms. The molecule has 1 fully saturated rings. The number of hydrogen-bond acceptors (Lipinski definition) is 3. The highest BCUT2D eigenvalue weighted by molar-refractivity contribution is 6.32. The molecule has 1 saturated carbocycles. The van der Waals surface area contributed by atoms with Gasteiger partial charge in [0.1, 0.15) is 5.75 Å². The molecule has 2 rings (SSSR count). The van der Waals surface area contributed by atoms with Crippen LogP contribution in [0.2, 0.25) is 5.02 Å². The molecule has 0 heterocycles. The molecule has 0 aromatic heterocycles. The number of halogens is 1. The van der Waals surface area contributed by atoms with Crippen molar-refractivity contribution in [3.8, 4) is 5.75 Å². The van der Waals surface area contributed by atoms with Crippen molar-refractivity contribution < 1.29 is 14.6 Å². The van der Waals surface area contributed by atoms with Crippen LogP contribution >= 0.6 is 11.6 Å². The van der Waals surface area contributed by atoms with Crippen LogP contribution in [0.25, 0.3) is 0 Å². The fraction of sp³-hybridized carbons (Fsp3) is 0.533. The van der Waals surface area contributed by atoms with Crippen molar-refractivity contribution in [2.75, 3.05) is 6.61 Å². The van der Waals surface area contributed by atoms with Gasteiger partial charge in [-0.2, -0.15) is 0 Å². The van der Waals surface area contributed by atoms with Crippen LogP contribution in [-0.2, 0) is 4.79 Å². The topological polar surface area (TPSA) is 72.5 Å². The van der Waals surface area contributed by atoms with Gasteiger partial charge in [0.05, 0.1) is 11.6 Å². The molecule has 20 heavy (non-hydrogen) atoms. The fourth-order valence-electron chi connectivity index (χ4n) is 2.10. The Bertz CT molecular complexity index is 500. The summed E-state index contributed by atoms with van der Waals surface area (Å²) >= 11 is 6.25. The molecule has 0 saturated heterocycles. The number of ether oxygens (including phenoxy) is 1. The average Bonchev–Trinajstić information content (AvgIpc) is 3.18. The van der Waals surface area contributed by atoms with E-state index in [2.05, 4.69) is 0 Å². The van der Waals surface area contributed by atoms with Crippen molar-refractivity contribution in [2.45, 2.75) is 38.6 Å². The molecule has 3 N–H and O–H groups in total. The molecular formula is C15H20ClNO3. The van der Waals surface area contributed by atoms with Crippen molar-refractivity contribution in [3.63, 3.8) is 0 Å². The first-order chi connectivity index (χ1) is 9.47. The first kappa shape index (κ1) is 15.1. The van der Waals surface area contributed by atoms with Gasteiger partial charge >= 0.3 is 5.97 Å². The zero-order chi connectivity index (χ0) is 14.7. The Labute approximate surface area is 123 Å². The molecule has 1 unspecified atom stereocenters. The number of carbonyl (C=O) groups is 1. The van der Waals surface area contributed by atoms with E-state index in [1.807, 2.05) is 19.1 Å². The lowest BCUT2D eigenvalue weighted by Crippen LogP contribution is -2.15. The summed E-state index contributed by atoms with van der Waals surface area (Å²) in [6.07, 6.45) is 2.80. The van der Waals surface area contributed by atoms with Crippen LogP contribution in [0.1, 0.15) is 42.9 Å². The molecule has 0 bridgehead atoms. The van der Waals surface area contributed by atoms with Crippen LogP contribution in [0.4, 0.5) is 0 Å². The summed E-state index contributed by atoms with van der Waals surface area (Å²) in [5.41, 5.74) is 7.90. The minimum atomic E-state index is -0.848. The fourth-order valence-corrected chi connectivity index (χ4v) is 2.44. The summed E-state index contributed by atoms with van der Waals surface area (Å²) in [4.78, 5) is 10.7. The smallest absolute Gasteiger partial charge is 0.303 e. The summed E-state index contributed by atoms with van der Waals surface area (Å²) in [7, 11) is 0. The maximum absolute atomic E-state index is 10.7. The van der Waals surface area contributed by atoms with Crippen LogP contribution in [0, 0.1) is 12.8 Å². The number of benzene rings is 1. The van der Waals surface area contributed by atoms with Crippen LogP contribution in [-0.4, -0.2) is 17.7 Å². The van der Waals surface area contributed by atoms with E-state index in [0.29, 0.717) is 29.7 Å². The monoisotopic (exact) mass is 297 g/mol. The van der Waals surface area contributed by atoms with Crippen molar-refractivity contribution in [1.82, 2.24) is 0 Å². The lowest BCUT2D eigenvalue weighted by molar-refractivity contribution is -0.137. The van der Waals surface area contributed by atoms with Gasteiger partial charge in [-0.15, -0.1) is 0 Å². The molecule has 1 atom stereocenters. The van der Waals surface area contributed by atoms with Gasteiger partial charge in [-0.05, 0) is 43.7 Å². The number of hydrogen-bond donors (Lipinski definition) is 2. The highest BCUT2D eigenvalue weighted by atomic mass is 35.5. The van der Waals surface area contributed by atoms with Gasteiger partial charge in [0.15, 0.2) is 0 Å². The van der Waals surface area contributed by atoms with Gasteiger partial charge in [0.25, 0.3) is 0 Å². The van der Waals surface area contributed by atoms with E-state index in [0.717, 1.165) is 11.1 Å². The summed E-state index contributed by atoms with van der Waals surface area (Å²) in [5, 5.41) is 9.31. The molecule has 1 aromatic rings. The first-order valence-corrected chi connectivity index (χ1v) is 7.25. The molecule has 0 spiro atoms. The van der Waals surface area contributed by atoms with Gasteiger partial charge in [-0.1, -0.05) is 17.7 Å². The lowest BCUT2D eigenvalue weighted by Gasteiger charge is -2.18. The summed E-state index contributed by atoms with van der Waals surface area (Å²) in [5.74, 6) is 0.386. The van der Waals surface area contributed by atoms with Gasteiger partial charge in [0.2, 0.25) is 0 Å². The van der Waals surface area contributed by atoms with E-state index in [4.69, 9.17) is 27.2 Å². The van der Waals surface area contributed by atoms with Gasteiger partial charge in [0, 0.05) is 18.0 Å². The van der Waals surface area contributed by atoms with Crippen LogP contribution in [0.3, 0.4) is 0 Å². The highest BCUT2D eigenvalue weighted by Crippen LogP contribution is 2.37. The molecule has 0 amide bonds. The van der Waals surface area contributed by atoms with Crippen LogP contribution < -0.4 is 10.5 Å². The van der Waals surface area contributed by atoms with Gasteiger partial charge in [-0.25, -0.2) is 0 Å². The molecule has 1 aliphatic rings. The Kier molecular flexibility index (Phi) is 4.89. The van der Waals surface area contributed by atoms with Crippen molar-refractivity contribution >= 4 is 17.6 Å². The Hall–Kier alpha value is -1.26. The third-order valence-electron chi connectivity index (χ3n) is 3.45. The van der Waals surface area contributed by atoms with E-state index >= 15 is 0 Å². The molecule has 0 radical (unpaired) electrons. The van der Waals surface area contributed by atoms with E-state index in [1.54, 1.807) is 0 Å². The van der Waals surface area contributed by atoms with Gasteiger partial charge in [-0.3, -0.25) is 4.79 Å². The highest BCUT2D eigenvalue weighted by Gasteiger charge is 2.24. The minimum Gasteiger partial charge on any atom is -0.491 e. The molecule has 1 aromatic carbocycles. The normalized spacial score (nSPS) is 15.9. The van der Waals surface area contributed by atoms with Crippen LogP contribution in [0.5, 0.6) is 5.75 Å². The van der Waals surface area contributed by atoms with Crippen molar-refractivity contribution in [2.24, 2.45) is 11.7 Å². The van der Waals surface area contributed by atoms with Gasteiger partial charge < -0.3 is 15.6 Å². The molecule has 1 aliphatic carbocycles. The third-order valence-corrected chi connectivity index (χ3v) is 3.73. The summed E-state index contributed by atoms with van der Waals surface area (Å²) in [6, 6.07) is 3.40. The quantitative estimate of drug-likeness (QED) is 0.810. The Morgan fingerprint density at radius 1 is 1.55 bits per heavy atom. The largest absolute Gasteiger partial charge is 0.491 e. The molecular weight excluding hydrogens is 278 g/mol. The second-order valence-corrected chi connectivity index (χ2v) is 5.87. The number of aryl methyl sites for hydroxylation is 1. The Morgan fingerprint density at radius 2 is 2.25 bits per heavy atom. The zero-order valence-electron chi connectivity index (χ0n) is 11.6. The van der Waals surface area contributed by atoms with Crippen molar-refractivity contribution in [1.29, 1.82) is 0 Å². The minimum absolute atomic E-state index is 0.0365. The SMILES string of the molecule is Cc1cc(Cl)c(OCC2CC2)c(C(N)CCC(=O)O)c1. The summed E-state index contributed by atoms with van der Waals surface area (Å²) < 4.78 is 5.82. The standard InChI is InChI=1S/C15H20ClNO3/c1-9-6-11(13(17)4-5-14(18)19)15(12(16)7-9)20-8-10-2-3-10/h6-7,10,13H,2-5,8,17H2,1H3,(H,18,19). The van der Waals surface area contributed by atoms with E-state index in [-0.39, 0.29) is 12.5 Å². The Morgan fingerprint density at radius 3 is 2.85 bits per heavy atom. The van der Waals surface area contributed by atoms with Crippen molar-refractivity contribution in [3.05, 3.63) is 28.3 Å². The zero-order valence-corrected chi connectivity index (χ0v) is 12.3. The second-order valence-electron chi connectivity index (χ2n) is 5.46. The number of nitrogens with two attached hydrogens (primary N) is 1. The predicted octanol–water partition coefficient (Wildman–Crippen LogP) is 3.30. The molecule has 110 valence electrons. The molecule has 4 nitrogen and oxygen atoms in total. The predicted molar refractivity (Wildman–Crippen MR) is 78.2 cm³/mol. The molecule has 0 aliphatic heterocycles. The number of rotatable bonds is 7. The average molecular weight is 298 g/mol. The van der Waals surface area contributed by atoms with E-state index in [1.165, 1.54) is 12.8 Å². The Balaban J connectivity index is 2.16. The lowest BCUT2D eigenvalue weighted by atomic mass is 10.00. The second kappa shape index (κ2) is 6.46. The van der Waals surface area contributed by atoms with E-state index < -0.39 is 5.97 Å². The maximum Gasteiger partial charge on any atom is 0.303 e. The van der Waals surface area contributed by atoms with Crippen LogP contribution in [0.15, 0.2) is 12.1 Å². The maximum atomic E-state index is 10.7.